The highest BCUT2D eigenvalue weighted by Gasteiger charge is 2.14. The first-order chi connectivity index (χ1) is 9.56. The number of piperidine rings is 1. The van der Waals surface area contributed by atoms with Gasteiger partial charge in [0.15, 0.2) is 0 Å². The van der Waals surface area contributed by atoms with Crippen LogP contribution in [0.3, 0.4) is 0 Å². The fraction of sp³-hybridized carbons (Fsp3) is 0.667. The molecule has 0 atom stereocenters. The van der Waals surface area contributed by atoms with Gasteiger partial charge in [0.25, 0.3) is 0 Å². The minimum absolute atomic E-state index is 0.928. The van der Waals surface area contributed by atoms with Gasteiger partial charge in [-0.3, -0.25) is 0 Å². The van der Waals surface area contributed by atoms with Crippen molar-refractivity contribution in [1.82, 2.24) is 10.2 Å². The van der Waals surface area contributed by atoms with Gasteiger partial charge in [-0.2, -0.15) is 0 Å². The topological polar surface area (TPSA) is 15.3 Å². The van der Waals surface area contributed by atoms with Gasteiger partial charge >= 0.3 is 0 Å². The molecule has 112 valence electrons. The second-order valence-electron chi connectivity index (χ2n) is 6.58. The van der Waals surface area contributed by atoms with Crippen molar-refractivity contribution >= 4 is 0 Å². The molecule has 1 heterocycles. The summed E-state index contributed by atoms with van der Waals surface area (Å²) >= 11 is 0. The molecule has 1 N–H and O–H groups in total. The van der Waals surface area contributed by atoms with Crippen molar-refractivity contribution in [3.63, 3.8) is 0 Å². The summed E-state index contributed by atoms with van der Waals surface area (Å²) in [5.41, 5.74) is 5.68. The lowest BCUT2D eigenvalue weighted by atomic mass is 9.99. The molecule has 1 aromatic rings. The lowest BCUT2D eigenvalue weighted by molar-refractivity contribution is 0.193. The summed E-state index contributed by atoms with van der Waals surface area (Å²) in [5, 5.41) is 3.62. The van der Waals surface area contributed by atoms with E-state index >= 15 is 0 Å². The van der Waals surface area contributed by atoms with Crippen LogP contribution in [0.25, 0.3) is 0 Å². The first kappa shape index (κ1) is 15.5. The molecule has 2 heteroatoms. The van der Waals surface area contributed by atoms with Crippen LogP contribution < -0.4 is 5.32 Å². The zero-order valence-electron chi connectivity index (χ0n) is 13.6. The summed E-state index contributed by atoms with van der Waals surface area (Å²) in [6, 6.07) is 4.58. The van der Waals surface area contributed by atoms with E-state index in [1.165, 1.54) is 54.7 Å². The molecule has 2 rings (SSSR count). The maximum Gasteiger partial charge on any atom is 0.0211 e. The average Bonchev–Trinajstić information content (AvgIpc) is 2.39. The van der Waals surface area contributed by atoms with E-state index in [4.69, 9.17) is 0 Å². The van der Waals surface area contributed by atoms with Gasteiger partial charge in [-0.1, -0.05) is 24.6 Å². The Morgan fingerprint density at radius 1 is 1.10 bits per heavy atom. The van der Waals surface area contributed by atoms with E-state index in [9.17, 15) is 0 Å². The largest absolute Gasteiger partial charge is 0.311 e. The van der Waals surface area contributed by atoms with Crippen molar-refractivity contribution in [2.75, 3.05) is 26.2 Å². The molecule has 0 saturated carbocycles. The molecule has 0 aliphatic carbocycles. The van der Waals surface area contributed by atoms with Gasteiger partial charge in [-0.05, 0) is 69.3 Å². The summed E-state index contributed by atoms with van der Waals surface area (Å²) in [7, 11) is 0. The normalized spacial score (nSPS) is 17.6. The van der Waals surface area contributed by atoms with Crippen LogP contribution >= 0.6 is 0 Å². The lowest BCUT2D eigenvalue weighted by Gasteiger charge is -2.30. The van der Waals surface area contributed by atoms with E-state index in [2.05, 4.69) is 50.0 Å². The molecule has 1 aliphatic rings. The van der Waals surface area contributed by atoms with Crippen molar-refractivity contribution in [3.05, 3.63) is 34.4 Å². The van der Waals surface area contributed by atoms with E-state index in [1.54, 1.807) is 0 Å². The van der Waals surface area contributed by atoms with Gasteiger partial charge in [-0.25, -0.2) is 0 Å². The maximum atomic E-state index is 3.62. The quantitative estimate of drug-likeness (QED) is 0.828. The summed E-state index contributed by atoms with van der Waals surface area (Å²) in [6.45, 7) is 14.9. The fourth-order valence-electron chi connectivity index (χ4n) is 3.22. The lowest BCUT2D eigenvalue weighted by Crippen LogP contribution is -2.37. The van der Waals surface area contributed by atoms with Crippen LogP contribution in [0, 0.1) is 26.7 Å². The smallest absolute Gasteiger partial charge is 0.0211 e. The summed E-state index contributed by atoms with van der Waals surface area (Å²) < 4.78 is 0. The Labute approximate surface area is 124 Å². The number of aryl methyl sites for hydroxylation is 3. The molecule has 1 fully saturated rings. The van der Waals surface area contributed by atoms with Crippen LogP contribution in [-0.2, 0) is 6.54 Å². The molecule has 1 saturated heterocycles. The second-order valence-corrected chi connectivity index (χ2v) is 6.58. The molecule has 0 unspecified atom stereocenters. The van der Waals surface area contributed by atoms with E-state index in [1.807, 2.05) is 0 Å². The first-order valence-electron chi connectivity index (χ1n) is 8.06. The number of nitrogens with zero attached hydrogens (tertiary/aromatic N) is 1. The second kappa shape index (κ2) is 7.24. The van der Waals surface area contributed by atoms with Crippen LogP contribution in [-0.4, -0.2) is 31.1 Å². The highest BCUT2D eigenvalue weighted by molar-refractivity contribution is 5.37. The van der Waals surface area contributed by atoms with Gasteiger partial charge in [0.1, 0.15) is 0 Å². The van der Waals surface area contributed by atoms with Crippen LogP contribution in [0.4, 0.5) is 0 Å². The third-order valence-corrected chi connectivity index (χ3v) is 4.62. The number of likely N-dealkylation sites (tertiary alicyclic amines) is 1. The number of nitrogens with one attached hydrogen (secondary N) is 1. The van der Waals surface area contributed by atoms with Crippen LogP contribution in [0.1, 0.15) is 42.0 Å². The first-order valence-corrected chi connectivity index (χ1v) is 8.06. The SMILES string of the molecule is Cc1cc(C)c(CNCCN2CCC(C)CC2)c(C)c1. The zero-order valence-corrected chi connectivity index (χ0v) is 13.6. The van der Waals surface area contributed by atoms with Crippen molar-refractivity contribution in [1.29, 1.82) is 0 Å². The van der Waals surface area contributed by atoms with E-state index < -0.39 is 0 Å². The molecule has 0 bridgehead atoms. The third-order valence-electron chi connectivity index (χ3n) is 4.62. The van der Waals surface area contributed by atoms with Crippen LogP contribution in [0.15, 0.2) is 12.1 Å². The average molecular weight is 274 g/mol. The number of hydrogen-bond donors (Lipinski definition) is 1. The number of benzene rings is 1. The number of hydrogen-bond acceptors (Lipinski definition) is 2. The molecule has 20 heavy (non-hydrogen) atoms. The van der Waals surface area contributed by atoms with Gasteiger partial charge in [-0.15, -0.1) is 0 Å². The van der Waals surface area contributed by atoms with Gasteiger partial charge in [0.05, 0.1) is 0 Å². The predicted molar refractivity (Wildman–Crippen MR) is 87.2 cm³/mol. The predicted octanol–water partition coefficient (Wildman–Crippen LogP) is 3.43. The van der Waals surface area contributed by atoms with Gasteiger partial charge in [0, 0.05) is 19.6 Å². The van der Waals surface area contributed by atoms with E-state index in [-0.39, 0.29) is 0 Å². The molecular formula is C18H30N2. The van der Waals surface area contributed by atoms with Gasteiger partial charge in [0.2, 0.25) is 0 Å². The Bertz CT molecular complexity index is 408. The Balaban J connectivity index is 1.74. The molecule has 0 amide bonds. The van der Waals surface area contributed by atoms with Crippen LogP contribution in [0.2, 0.25) is 0 Å². The van der Waals surface area contributed by atoms with Gasteiger partial charge < -0.3 is 10.2 Å². The van der Waals surface area contributed by atoms with Crippen molar-refractivity contribution in [2.45, 2.75) is 47.1 Å². The molecule has 0 aromatic heterocycles. The minimum atomic E-state index is 0.928. The Kier molecular flexibility index (Phi) is 5.62. The summed E-state index contributed by atoms with van der Waals surface area (Å²) in [4.78, 5) is 2.60. The molecule has 0 spiro atoms. The molecule has 1 aliphatic heterocycles. The molecule has 0 radical (unpaired) electrons. The Morgan fingerprint density at radius 3 is 2.30 bits per heavy atom. The third kappa shape index (κ3) is 4.32. The van der Waals surface area contributed by atoms with E-state index in [0.717, 1.165) is 19.0 Å². The molecule has 1 aromatic carbocycles. The fourth-order valence-corrected chi connectivity index (χ4v) is 3.22. The summed E-state index contributed by atoms with van der Waals surface area (Å²) in [5.74, 6) is 0.928. The van der Waals surface area contributed by atoms with E-state index in [0.29, 0.717) is 0 Å². The standard InChI is InChI=1S/C18H30N2/c1-14-5-8-20(9-6-14)10-7-19-13-18-16(3)11-15(2)12-17(18)4/h11-12,14,19H,5-10,13H2,1-4H3. The summed E-state index contributed by atoms with van der Waals surface area (Å²) in [6.07, 6.45) is 2.74. The molecule has 2 nitrogen and oxygen atoms in total. The maximum absolute atomic E-state index is 3.62. The van der Waals surface area contributed by atoms with Crippen molar-refractivity contribution < 1.29 is 0 Å². The van der Waals surface area contributed by atoms with Crippen LogP contribution in [0.5, 0.6) is 0 Å². The molecular weight excluding hydrogens is 244 g/mol. The highest BCUT2D eigenvalue weighted by Crippen LogP contribution is 2.17. The minimum Gasteiger partial charge on any atom is -0.311 e. The Morgan fingerprint density at radius 2 is 1.70 bits per heavy atom. The number of rotatable bonds is 5. The van der Waals surface area contributed by atoms with Crippen molar-refractivity contribution in [3.8, 4) is 0 Å². The monoisotopic (exact) mass is 274 g/mol. The zero-order chi connectivity index (χ0) is 14.5. The Hall–Kier alpha value is -0.860. The highest BCUT2D eigenvalue weighted by atomic mass is 15.1. The van der Waals surface area contributed by atoms with Crippen molar-refractivity contribution in [2.24, 2.45) is 5.92 Å².